The highest BCUT2D eigenvalue weighted by Gasteiger charge is 2.24. The summed E-state index contributed by atoms with van der Waals surface area (Å²) in [5, 5.41) is 13.4. The number of benzene rings is 1. The number of aliphatic hydroxyl groups excluding tert-OH is 1. The van der Waals surface area contributed by atoms with Crippen LogP contribution in [0, 0.1) is 11.6 Å². The molecule has 1 aromatic rings. The highest BCUT2D eigenvalue weighted by atomic mass is 19.1. The molecule has 0 saturated carbocycles. The van der Waals surface area contributed by atoms with Crippen LogP contribution in [0.3, 0.4) is 0 Å². The van der Waals surface area contributed by atoms with Crippen molar-refractivity contribution in [3.8, 4) is 0 Å². The van der Waals surface area contributed by atoms with Crippen LogP contribution >= 0.6 is 0 Å². The van der Waals surface area contributed by atoms with E-state index < -0.39 is 17.7 Å². The Morgan fingerprint density at radius 3 is 2.90 bits per heavy atom. The first kappa shape index (κ1) is 15.4. The molecule has 3 nitrogen and oxygen atoms in total. The summed E-state index contributed by atoms with van der Waals surface area (Å²) in [6.45, 7) is 3.28. The van der Waals surface area contributed by atoms with Gasteiger partial charge in [0.2, 0.25) is 0 Å². The van der Waals surface area contributed by atoms with E-state index in [1.54, 1.807) is 0 Å². The number of ether oxygens (including phenoxy) is 1. The van der Waals surface area contributed by atoms with E-state index in [1.165, 1.54) is 0 Å². The Hall–Kier alpha value is -1.04. The number of aliphatic hydroxyl groups is 1. The zero-order valence-corrected chi connectivity index (χ0v) is 11.6. The number of hydrogen-bond acceptors (Lipinski definition) is 3. The number of hydrogen-bond donors (Lipinski definition) is 2. The Balaban J connectivity index is 1.99. The molecule has 0 radical (unpaired) electrons. The second-order valence-electron chi connectivity index (χ2n) is 5.17. The number of rotatable bonds is 6. The lowest BCUT2D eigenvalue weighted by Crippen LogP contribution is -2.39. The second kappa shape index (κ2) is 7.11. The van der Waals surface area contributed by atoms with E-state index in [4.69, 9.17) is 4.74 Å². The molecule has 3 atom stereocenters. The third kappa shape index (κ3) is 3.75. The molecular weight excluding hydrogens is 264 g/mol. The van der Waals surface area contributed by atoms with Crippen LogP contribution in [-0.4, -0.2) is 30.4 Å². The average Bonchev–Trinajstić information content (AvgIpc) is 2.95. The summed E-state index contributed by atoms with van der Waals surface area (Å²) in [6, 6.07) is 2.82. The van der Waals surface area contributed by atoms with Crippen molar-refractivity contribution < 1.29 is 18.6 Å². The van der Waals surface area contributed by atoms with E-state index in [1.807, 2.05) is 6.92 Å². The third-order valence-electron chi connectivity index (χ3n) is 3.73. The van der Waals surface area contributed by atoms with Crippen LogP contribution < -0.4 is 5.32 Å². The molecule has 2 rings (SSSR count). The molecule has 112 valence electrons. The molecule has 1 aromatic carbocycles. The van der Waals surface area contributed by atoms with Crippen LogP contribution in [0.25, 0.3) is 0 Å². The Bertz CT molecular complexity index is 436. The minimum absolute atomic E-state index is 0.00306. The summed E-state index contributed by atoms with van der Waals surface area (Å²) < 4.78 is 32.4. The van der Waals surface area contributed by atoms with Gasteiger partial charge in [-0.2, -0.15) is 0 Å². The van der Waals surface area contributed by atoms with Crippen LogP contribution in [0.2, 0.25) is 0 Å². The van der Waals surface area contributed by atoms with Gasteiger partial charge < -0.3 is 15.2 Å². The molecule has 0 aliphatic carbocycles. The van der Waals surface area contributed by atoms with Crippen molar-refractivity contribution >= 4 is 0 Å². The van der Waals surface area contributed by atoms with E-state index in [-0.39, 0.29) is 17.7 Å². The van der Waals surface area contributed by atoms with E-state index in [0.717, 1.165) is 37.6 Å². The summed E-state index contributed by atoms with van der Waals surface area (Å²) in [4.78, 5) is 0. The zero-order valence-electron chi connectivity index (χ0n) is 11.6. The molecule has 1 fully saturated rings. The summed E-state index contributed by atoms with van der Waals surface area (Å²) >= 11 is 0. The van der Waals surface area contributed by atoms with Gasteiger partial charge in [-0.05, 0) is 37.5 Å². The van der Waals surface area contributed by atoms with Gasteiger partial charge in [0.1, 0.15) is 11.6 Å². The minimum Gasteiger partial charge on any atom is -0.387 e. The van der Waals surface area contributed by atoms with Crippen molar-refractivity contribution in [1.29, 1.82) is 0 Å². The maximum absolute atomic E-state index is 13.7. The summed E-state index contributed by atoms with van der Waals surface area (Å²) in [5.74, 6) is -1.13. The van der Waals surface area contributed by atoms with E-state index in [9.17, 15) is 13.9 Å². The number of nitrogens with one attached hydrogen (secondary N) is 1. The molecule has 1 aliphatic heterocycles. The fourth-order valence-corrected chi connectivity index (χ4v) is 2.53. The lowest BCUT2D eigenvalue weighted by molar-refractivity contribution is 0.0852. The normalized spacial score (nSPS) is 21.9. The minimum atomic E-state index is -1.07. The van der Waals surface area contributed by atoms with Crippen LogP contribution in [0.1, 0.15) is 37.9 Å². The molecule has 1 heterocycles. The smallest absolute Gasteiger partial charge is 0.129 e. The molecule has 3 unspecified atom stereocenters. The van der Waals surface area contributed by atoms with Gasteiger partial charge in [-0.3, -0.25) is 0 Å². The molecular formula is C15H21F2NO2. The van der Waals surface area contributed by atoms with Crippen molar-refractivity contribution in [2.75, 3.05) is 13.2 Å². The Morgan fingerprint density at radius 1 is 1.45 bits per heavy atom. The molecule has 0 spiro atoms. The van der Waals surface area contributed by atoms with E-state index in [0.29, 0.717) is 13.0 Å². The Labute approximate surface area is 117 Å². The van der Waals surface area contributed by atoms with Gasteiger partial charge in [0.15, 0.2) is 0 Å². The molecule has 2 N–H and O–H groups in total. The monoisotopic (exact) mass is 285 g/mol. The predicted molar refractivity (Wildman–Crippen MR) is 72.4 cm³/mol. The maximum atomic E-state index is 13.7. The summed E-state index contributed by atoms with van der Waals surface area (Å²) in [6.07, 6.45) is 1.73. The standard InChI is InChI=1S/C15H21F2NO2/c1-2-14(18-9-11-4-3-7-20-11)15(19)12-8-10(16)5-6-13(12)17/h5-6,8,11,14-15,18-19H,2-4,7,9H2,1H3. The molecule has 20 heavy (non-hydrogen) atoms. The van der Waals surface area contributed by atoms with Crippen LogP contribution in [0.4, 0.5) is 8.78 Å². The van der Waals surface area contributed by atoms with Gasteiger partial charge in [-0.15, -0.1) is 0 Å². The fourth-order valence-electron chi connectivity index (χ4n) is 2.53. The number of halogens is 2. The predicted octanol–water partition coefficient (Wildman–Crippen LogP) is 2.55. The first-order chi connectivity index (χ1) is 9.61. The average molecular weight is 285 g/mol. The summed E-state index contributed by atoms with van der Waals surface area (Å²) in [7, 11) is 0. The van der Waals surface area contributed by atoms with E-state index >= 15 is 0 Å². The molecule has 0 amide bonds. The SMILES string of the molecule is CCC(NCC1CCCO1)C(O)c1cc(F)ccc1F. The Morgan fingerprint density at radius 2 is 2.25 bits per heavy atom. The first-order valence-corrected chi connectivity index (χ1v) is 7.09. The lowest BCUT2D eigenvalue weighted by Gasteiger charge is -2.25. The van der Waals surface area contributed by atoms with Gasteiger partial charge in [0.25, 0.3) is 0 Å². The van der Waals surface area contributed by atoms with Crippen molar-refractivity contribution in [3.63, 3.8) is 0 Å². The second-order valence-corrected chi connectivity index (χ2v) is 5.17. The quantitative estimate of drug-likeness (QED) is 0.844. The maximum Gasteiger partial charge on any atom is 0.129 e. The van der Waals surface area contributed by atoms with Crippen LogP contribution in [-0.2, 0) is 4.74 Å². The van der Waals surface area contributed by atoms with Gasteiger partial charge in [-0.1, -0.05) is 6.92 Å². The van der Waals surface area contributed by atoms with Crippen molar-refractivity contribution in [2.24, 2.45) is 0 Å². The zero-order chi connectivity index (χ0) is 14.5. The van der Waals surface area contributed by atoms with Crippen LogP contribution in [0.15, 0.2) is 18.2 Å². The molecule has 0 aromatic heterocycles. The highest BCUT2D eigenvalue weighted by molar-refractivity contribution is 5.22. The molecule has 0 bridgehead atoms. The van der Waals surface area contributed by atoms with E-state index in [2.05, 4.69) is 5.32 Å². The topological polar surface area (TPSA) is 41.5 Å². The van der Waals surface area contributed by atoms with Gasteiger partial charge in [-0.25, -0.2) is 8.78 Å². The van der Waals surface area contributed by atoms with Crippen molar-refractivity contribution in [3.05, 3.63) is 35.4 Å². The van der Waals surface area contributed by atoms with Crippen LogP contribution in [0.5, 0.6) is 0 Å². The largest absolute Gasteiger partial charge is 0.387 e. The fraction of sp³-hybridized carbons (Fsp3) is 0.600. The molecule has 1 aliphatic rings. The van der Waals surface area contributed by atoms with Gasteiger partial charge in [0.05, 0.1) is 12.2 Å². The molecule has 5 heteroatoms. The molecule has 1 saturated heterocycles. The third-order valence-corrected chi connectivity index (χ3v) is 3.73. The van der Waals surface area contributed by atoms with Gasteiger partial charge in [0, 0.05) is 24.8 Å². The highest BCUT2D eigenvalue weighted by Crippen LogP contribution is 2.23. The Kier molecular flexibility index (Phi) is 5.46. The first-order valence-electron chi connectivity index (χ1n) is 7.09. The van der Waals surface area contributed by atoms with Crippen molar-refractivity contribution in [1.82, 2.24) is 5.32 Å². The van der Waals surface area contributed by atoms with Crippen molar-refractivity contribution in [2.45, 2.75) is 44.4 Å². The van der Waals surface area contributed by atoms with Gasteiger partial charge >= 0.3 is 0 Å². The summed E-state index contributed by atoms with van der Waals surface area (Å²) in [5.41, 5.74) is -0.00306. The lowest BCUT2D eigenvalue weighted by atomic mass is 9.99.